The zero-order valence-electron chi connectivity index (χ0n) is 10.6. The van der Waals surface area contributed by atoms with Crippen molar-refractivity contribution in [3.63, 3.8) is 0 Å². The number of pyridine rings is 1. The molecule has 0 saturated heterocycles. The molecule has 0 atom stereocenters. The van der Waals surface area contributed by atoms with Crippen LogP contribution in [0.15, 0.2) is 27.0 Å². The van der Waals surface area contributed by atoms with Crippen LogP contribution in [0.4, 0.5) is 5.82 Å². The average molecular weight is 377 g/mol. The summed E-state index contributed by atoms with van der Waals surface area (Å²) in [7, 11) is -3.67. The van der Waals surface area contributed by atoms with Gasteiger partial charge in [0.15, 0.2) is 0 Å². The van der Waals surface area contributed by atoms with Gasteiger partial charge in [0.2, 0.25) is 10.0 Å². The average Bonchev–Trinajstić information content (AvgIpc) is 2.78. The van der Waals surface area contributed by atoms with Crippen LogP contribution in [0.5, 0.6) is 0 Å². The van der Waals surface area contributed by atoms with E-state index in [0.29, 0.717) is 10.9 Å². The van der Waals surface area contributed by atoms with Gasteiger partial charge in [0.05, 0.1) is 10.7 Å². The van der Waals surface area contributed by atoms with Crippen LogP contribution >= 0.6 is 27.3 Å². The molecule has 0 radical (unpaired) electrons. The number of nitrogens with two attached hydrogens (primary N) is 1. The number of anilines is 1. The van der Waals surface area contributed by atoms with E-state index in [9.17, 15) is 8.42 Å². The summed E-state index contributed by atoms with van der Waals surface area (Å²) in [6, 6.07) is 1.43. The maximum Gasteiger partial charge on any atom is 0.244 e. The number of nitrogens with zero attached hydrogens (tertiary/aromatic N) is 2. The summed E-state index contributed by atoms with van der Waals surface area (Å²) in [5.74, 6) is -0.0230. The van der Waals surface area contributed by atoms with E-state index in [1.807, 2.05) is 12.3 Å². The summed E-state index contributed by atoms with van der Waals surface area (Å²) in [5.41, 5.74) is 6.47. The molecule has 9 heteroatoms. The first-order valence-electron chi connectivity index (χ1n) is 5.70. The van der Waals surface area contributed by atoms with E-state index in [4.69, 9.17) is 5.73 Å². The van der Waals surface area contributed by atoms with Gasteiger partial charge < -0.3 is 5.73 Å². The van der Waals surface area contributed by atoms with E-state index >= 15 is 0 Å². The second-order valence-corrected chi connectivity index (χ2v) is 7.76. The van der Waals surface area contributed by atoms with Crippen LogP contribution in [0.1, 0.15) is 10.7 Å². The Kier molecular flexibility index (Phi) is 4.74. The van der Waals surface area contributed by atoms with Crippen molar-refractivity contribution < 1.29 is 8.42 Å². The van der Waals surface area contributed by atoms with Gasteiger partial charge in [-0.1, -0.05) is 0 Å². The van der Waals surface area contributed by atoms with Gasteiger partial charge in [0.25, 0.3) is 0 Å². The highest BCUT2D eigenvalue weighted by Gasteiger charge is 2.18. The van der Waals surface area contributed by atoms with Crippen molar-refractivity contribution in [1.29, 1.82) is 0 Å². The molecule has 2 rings (SSSR count). The number of aromatic nitrogens is 2. The van der Waals surface area contributed by atoms with Crippen molar-refractivity contribution in [2.24, 2.45) is 0 Å². The summed E-state index contributed by atoms with van der Waals surface area (Å²) < 4.78 is 27.3. The molecule has 108 valence electrons. The van der Waals surface area contributed by atoms with Crippen LogP contribution in [0.2, 0.25) is 0 Å². The fourth-order valence-electron chi connectivity index (χ4n) is 1.56. The van der Waals surface area contributed by atoms with E-state index in [0.717, 1.165) is 10.7 Å². The minimum atomic E-state index is -3.67. The lowest BCUT2D eigenvalue weighted by molar-refractivity contribution is 0.581. The SMILES string of the molecule is Cc1nc(CCNS(=O)(=O)c2cc(Br)cnc2N)cs1. The lowest BCUT2D eigenvalue weighted by Crippen LogP contribution is -2.27. The number of nitrogen functional groups attached to an aromatic ring is 1. The van der Waals surface area contributed by atoms with Crippen molar-refractivity contribution in [2.75, 3.05) is 12.3 Å². The first-order valence-corrected chi connectivity index (χ1v) is 8.86. The zero-order valence-corrected chi connectivity index (χ0v) is 13.8. The van der Waals surface area contributed by atoms with E-state index < -0.39 is 10.0 Å². The number of aryl methyl sites for hydroxylation is 1. The van der Waals surface area contributed by atoms with Crippen molar-refractivity contribution in [3.8, 4) is 0 Å². The molecule has 3 N–H and O–H groups in total. The molecule has 6 nitrogen and oxygen atoms in total. The lowest BCUT2D eigenvalue weighted by Gasteiger charge is -2.08. The number of thiazole rings is 1. The van der Waals surface area contributed by atoms with E-state index in [2.05, 4.69) is 30.6 Å². The summed E-state index contributed by atoms with van der Waals surface area (Å²) in [4.78, 5) is 8.06. The molecule has 2 heterocycles. The van der Waals surface area contributed by atoms with Crippen LogP contribution in [-0.4, -0.2) is 24.9 Å². The summed E-state index contributed by atoms with van der Waals surface area (Å²) in [5, 5.41) is 2.88. The number of nitrogens with one attached hydrogen (secondary N) is 1. The molecule has 0 fully saturated rings. The molecule has 0 aliphatic rings. The van der Waals surface area contributed by atoms with Gasteiger partial charge in [-0.05, 0) is 28.9 Å². The molecular weight excluding hydrogens is 364 g/mol. The fourth-order valence-corrected chi connectivity index (χ4v) is 3.83. The molecule has 0 aliphatic heterocycles. The van der Waals surface area contributed by atoms with Crippen molar-refractivity contribution >= 4 is 43.1 Å². The van der Waals surface area contributed by atoms with Crippen molar-refractivity contribution in [3.05, 3.63) is 32.8 Å². The quantitative estimate of drug-likeness (QED) is 0.827. The van der Waals surface area contributed by atoms with Crippen LogP contribution in [0, 0.1) is 6.92 Å². The highest BCUT2D eigenvalue weighted by Crippen LogP contribution is 2.20. The number of halogens is 1. The first-order chi connectivity index (χ1) is 9.38. The molecule has 0 bridgehead atoms. The number of sulfonamides is 1. The molecule has 20 heavy (non-hydrogen) atoms. The summed E-state index contributed by atoms with van der Waals surface area (Å²) in [6.07, 6.45) is 1.98. The maximum atomic E-state index is 12.1. The predicted octanol–water partition coefficient (Wildman–Crippen LogP) is 1.71. The Morgan fingerprint density at radius 3 is 2.90 bits per heavy atom. The van der Waals surface area contributed by atoms with Gasteiger partial charge in [0, 0.05) is 29.0 Å². The summed E-state index contributed by atoms with van der Waals surface area (Å²) >= 11 is 4.72. The highest BCUT2D eigenvalue weighted by atomic mass is 79.9. The van der Waals surface area contributed by atoms with Gasteiger partial charge in [-0.25, -0.2) is 23.1 Å². The number of hydrogen-bond acceptors (Lipinski definition) is 6. The Bertz CT molecular complexity index is 715. The molecule has 2 aromatic heterocycles. The third-order valence-corrected chi connectivity index (χ3v) is 5.22. The molecule has 0 aromatic carbocycles. The smallest absolute Gasteiger partial charge is 0.244 e. The standard InChI is InChI=1S/C11H13BrN4O2S2/c1-7-16-9(6-19-7)2-3-15-20(17,18)10-4-8(12)5-14-11(10)13/h4-6,15H,2-3H2,1H3,(H2,13,14). The van der Waals surface area contributed by atoms with Crippen molar-refractivity contribution in [2.45, 2.75) is 18.2 Å². The molecule has 0 amide bonds. The fraction of sp³-hybridized carbons (Fsp3) is 0.273. The second kappa shape index (κ2) is 6.17. The van der Waals surface area contributed by atoms with Crippen molar-refractivity contribution in [1.82, 2.24) is 14.7 Å². The maximum absolute atomic E-state index is 12.1. The van der Waals surface area contributed by atoms with Crippen LogP contribution in [-0.2, 0) is 16.4 Å². The Hall–Kier alpha value is -1.03. The molecule has 0 aliphatic carbocycles. The first kappa shape index (κ1) is 15.4. The third-order valence-electron chi connectivity index (χ3n) is 2.48. The third kappa shape index (κ3) is 3.75. The normalized spacial score (nSPS) is 11.7. The molecule has 0 spiro atoms. The van der Waals surface area contributed by atoms with Crippen LogP contribution < -0.4 is 10.5 Å². The topological polar surface area (TPSA) is 98.0 Å². The van der Waals surface area contributed by atoms with E-state index in [1.54, 1.807) is 0 Å². The van der Waals surface area contributed by atoms with Gasteiger partial charge >= 0.3 is 0 Å². The molecule has 0 saturated carbocycles. The Labute approximate surface area is 129 Å². The second-order valence-electron chi connectivity index (χ2n) is 4.04. The number of rotatable bonds is 5. The molecular formula is C11H13BrN4O2S2. The predicted molar refractivity (Wildman–Crippen MR) is 82.1 cm³/mol. The molecule has 2 aromatic rings. The summed E-state index contributed by atoms with van der Waals surface area (Å²) in [6.45, 7) is 2.17. The van der Waals surface area contributed by atoms with E-state index in [1.165, 1.54) is 23.6 Å². The van der Waals surface area contributed by atoms with E-state index in [-0.39, 0.29) is 17.3 Å². The number of hydrogen-bond donors (Lipinski definition) is 2. The van der Waals surface area contributed by atoms with Gasteiger partial charge in [-0.15, -0.1) is 11.3 Å². The Morgan fingerprint density at radius 2 is 2.25 bits per heavy atom. The minimum Gasteiger partial charge on any atom is -0.383 e. The Balaban J connectivity index is 2.06. The highest BCUT2D eigenvalue weighted by molar-refractivity contribution is 9.10. The van der Waals surface area contributed by atoms with Gasteiger partial charge in [-0.2, -0.15) is 0 Å². The van der Waals surface area contributed by atoms with Crippen LogP contribution in [0.3, 0.4) is 0 Å². The van der Waals surface area contributed by atoms with Crippen LogP contribution in [0.25, 0.3) is 0 Å². The van der Waals surface area contributed by atoms with Gasteiger partial charge in [-0.3, -0.25) is 0 Å². The largest absolute Gasteiger partial charge is 0.383 e. The Morgan fingerprint density at radius 1 is 1.50 bits per heavy atom. The zero-order chi connectivity index (χ0) is 14.8. The van der Waals surface area contributed by atoms with Gasteiger partial charge in [0.1, 0.15) is 10.7 Å². The monoisotopic (exact) mass is 376 g/mol. The minimum absolute atomic E-state index is 0.0230. The molecule has 0 unspecified atom stereocenters. The lowest BCUT2D eigenvalue weighted by atomic mass is 10.3.